The number of hydrogen-bond acceptors (Lipinski definition) is 2. The minimum atomic E-state index is -0.413. The van der Waals surface area contributed by atoms with Crippen LogP contribution in [0.15, 0.2) is 48.5 Å². The lowest BCUT2D eigenvalue weighted by atomic mass is 10.0. The van der Waals surface area contributed by atoms with Gasteiger partial charge in [0.2, 0.25) is 0 Å². The molecule has 0 N–H and O–H groups in total. The molecule has 1 aliphatic rings. The summed E-state index contributed by atoms with van der Waals surface area (Å²) in [7, 11) is 1.74. The van der Waals surface area contributed by atoms with E-state index >= 15 is 0 Å². The number of fused-ring (bicyclic) bond motifs is 3. The molecule has 0 spiro atoms. The maximum atomic E-state index is 12.1. The third-order valence-corrected chi connectivity index (χ3v) is 3.76. The van der Waals surface area contributed by atoms with Crippen LogP contribution in [0.4, 0.5) is 4.79 Å². The Hall–Kier alpha value is -2.73. The van der Waals surface area contributed by atoms with Gasteiger partial charge in [-0.2, -0.15) is 0 Å². The van der Waals surface area contributed by atoms with Gasteiger partial charge >= 0.3 is 6.09 Å². The second-order valence-corrected chi connectivity index (χ2v) is 4.95. The summed E-state index contributed by atoms with van der Waals surface area (Å²) >= 11 is 0. The molecule has 1 amide bonds. The molecule has 0 saturated carbocycles. The van der Waals surface area contributed by atoms with E-state index in [0.717, 1.165) is 22.3 Å². The van der Waals surface area contributed by atoms with Crippen molar-refractivity contribution in [3.05, 3.63) is 59.7 Å². The predicted molar refractivity (Wildman–Crippen MR) is 81.7 cm³/mol. The lowest BCUT2D eigenvalue weighted by Crippen LogP contribution is -2.31. The van der Waals surface area contributed by atoms with E-state index in [0.29, 0.717) is 0 Å². The molecule has 0 unspecified atom stereocenters. The largest absolute Gasteiger partial charge is 0.436 e. The Balaban J connectivity index is 2.03. The summed E-state index contributed by atoms with van der Waals surface area (Å²) < 4.78 is 5.05. The molecule has 2 aromatic carbocycles. The minimum Gasteiger partial charge on any atom is -0.436 e. The monoisotopic (exact) mass is 277 g/mol. The van der Waals surface area contributed by atoms with Crippen LogP contribution in [0.1, 0.15) is 17.2 Å². The maximum absolute atomic E-state index is 12.1. The average Bonchev–Trinajstić information content (AvgIpc) is 2.86. The number of benzene rings is 2. The number of nitrogens with zero attached hydrogens (tertiary/aromatic N) is 1. The van der Waals surface area contributed by atoms with Crippen molar-refractivity contribution in [1.29, 1.82) is 0 Å². The Morgan fingerprint density at radius 3 is 2.19 bits per heavy atom. The van der Waals surface area contributed by atoms with Gasteiger partial charge in [0.25, 0.3) is 0 Å². The first kappa shape index (κ1) is 13.3. The highest BCUT2D eigenvalue weighted by Crippen LogP contribution is 2.45. The quantitative estimate of drug-likeness (QED) is 0.787. The van der Waals surface area contributed by atoms with Gasteiger partial charge in [-0.25, -0.2) is 4.79 Å². The number of carbonyl (C=O) groups excluding carboxylic acids is 1. The van der Waals surface area contributed by atoms with Gasteiger partial charge in [-0.05, 0) is 22.3 Å². The zero-order chi connectivity index (χ0) is 14.8. The molecular weight excluding hydrogens is 262 g/mol. The molecule has 0 aliphatic heterocycles. The zero-order valence-electron chi connectivity index (χ0n) is 11.7. The molecule has 0 heterocycles. The van der Waals surface area contributed by atoms with Crippen molar-refractivity contribution in [3.8, 4) is 23.5 Å². The topological polar surface area (TPSA) is 29.5 Å². The summed E-state index contributed by atoms with van der Waals surface area (Å²) in [6, 6.07) is 16.1. The third-order valence-electron chi connectivity index (χ3n) is 3.76. The van der Waals surface area contributed by atoms with Crippen LogP contribution in [0.5, 0.6) is 0 Å². The number of hydrogen-bond donors (Lipinski definition) is 0. The molecule has 0 atom stereocenters. The number of terminal acetylenes is 1. The molecule has 0 aromatic heterocycles. The summed E-state index contributed by atoms with van der Waals surface area (Å²) in [5.74, 6) is 2.31. The van der Waals surface area contributed by atoms with Gasteiger partial charge in [0, 0.05) is 7.05 Å². The molecule has 3 heteroatoms. The predicted octanol–water partition coefficient (Wildman–Crippen LogP) is 3.46. The lowest BCUT2D eigenvalue weighted by molar-refractivity contribution is 0.114. The van der Waals surface area contributed by atoms with Gasteiger partial charge in [-0.15, -0.1) is 6.42 Å². The van der Waals surface area contributed by atoms with Crippen molar-refractivity contribution in [2.45, 2.75) is 6.04 Å². The fraction of sp³-hybridized carbons (Fsp3) is 0.167. The van der Waals surface area contributed by atoms with Gasteiger partial charge in [-0.1, -0.05) is 54.5 Å². The van der Waals surface area contributed by atoms with Crippen LogP contribution < -0.4 is 0 Å². The molecule has 21 heavy (non-hydrogen) atoms. The Kier molecular flexibility index (Phi) is 3.37. The Morgan fingerprint density at radius 2 is 1.67 bits per heavy atom. The number of carbonyl (C=O) groups is 1. The molecule has 104 valence electrons. The normalized spacial score (nSPS) is 12.2. The Labute approximate surface area is 124 Å². The van der Waals surface area contributed by atoms with Crippen LogP contribution in [-0.4, -0.2) is 24.6 Å². The molecule has 0 fully saturated rings. The van der Waals surface area contributed by atoms with E-state index in [1.54, 1.807) is 11.9 Å². The van der Waals surface area contributed by atoms with Crippen molar-refractivity contribution < 1.29 is 9.53 Å². The van der Waals surface area contributed by atoms with E-state index in [1.807, 2.05) is 36.4 Å². The lowest BCUT2D eigenvalue weighted by Gasteiger charge is -2.25. The molecule has 2 aromatic rings. The van der Waals surface area contributed by atoms with Gasteiger partial charge in [0.15, 0.2) is 6.61 Å². The van der Waals surface area contributed by atoms with Crippen molar-refractivity contribution in [2.24, 2.45) is 0 Å². The van der Waals surface area contributed by atoms with Crippen molar-refractivity contribution in [1.82, 2.24) is 4.90 Å². The first-order valence-electron chi connectivity index (χ1n) is 6.75. The van der Waals surface area contributed by atoms with E-state index in [-0.39, 0.29) is 12.6 Å². The first-order valence-corrected chi connectivity index (χ1v) is 6.75. The highest BCUT2D eigenvalue weighted by atomic mass is 16.6. The highest BCUT2D eigenvalue weighted by Gasteiger charge is 2.33. The average molecular weight is 277 g/mol. The van der Waals surface area contributed by atoms with E-state index in [2.05, 4.69) is 18.1 Å². The second kappa shape index (κ2) is 5.34. The number of rotatable bonds is 2. The van der Waals surface area contributed by atoms with Crippen molar-refractivity contribution >= 4 is 6.09 Å². The fourth-order valence-corrected chi connectivity index (χ4v) is 2.86. The number of amides is 1. The van der Waals surface area contributed by atoms with Crippen LogP contribution in [0.2, 0.25) is 0 Å². The van der Waals surface area contributed by atoms with Gasteiger partial charge in [-0.3, -0.25) is 0 Å². The Morgan fingerprint density at radius 1 is 1.14 bits per heavy atom. The fourth-order valence-electron chi connectivity index (χ4n) is 2.86. The molecule has 0 radical (unpaired) electrons. The van der Waals surface area contributed by atoms with Crippen LogP contribution in [0.25, 0.3) is 11.1 Å². The minimum absolute atomic E-state index is 0.0147. The summed E-state index contributed by atoms with van der Waals surface area (Å²) in [5.41, 5.74) is 4.54. The first-order chi connectivity index (χ1) is 10.2. The van der Waals surface area contributed by atoms with Crippen molar-refractivity contribution in [2.75, 3.05) is 13.7 Å². The van der Waals surface area contributed by atoms with Crippen LogP contribution in [0, 0.1) is 12.3 Å². The summed E-state index contributed by atoms with van der Waals surface area (Å²) in [6.07, 6.45) is 4.73. The molecule has 0 saturated heterocycles. The van der Waals surface area contributed by atoms with Gasteiger partial charge in [0.1, 0.15) is 0 Å². The number of ether oxygens (including phenoxy) is 1. The van der Waals surface area contributed by atoms with Gasteiger partial charge < -0.3 is 9.64 Å². The Bertz CT molecular complexity index is 684. The van der Waals surface area contributed by atoms with Crippen LogP contribution in [-0.2, 0) is 4.74 Å². The SMILES string of the molecule is C#CCOC(=O)N(C)C1c2ccccc2-c2ccccc21. The maximum Gasteiger partial charge on any atom is 0.411 e. The molecule has 3 rings (SSSR count). The van der Waals surface area contributed by atoms with E-state index in [1.165, 1.54) is 0 Å². The van der Waals surface area contributed by atoms with E-state index in [9.17, 15) is 4.79 Å². The van der Waals surface area contributed by atoms with E-state index in [4.69, 9.17) is 11.2 Å². The third kappa shape index (κ3) is 2.15. The molecule has 3 nitrogen and oxygen atoms in total. The highest BCUT2D eigenvalue weighted by molar-refractivity contribution is 5.81. The standard InChI is InChI=1S/C18H15NO2/c1-3-12-21-18(20)19(2)17-15-10-6-4-8-13(15)14-9-5-7-11-16(14)17/h1,4-11,17H,12H2,2H3. The van der Waals surface area contributed by atoms with Crippen LogP contribution >= 0.6 is 0 Å². The second-order valence-electron chi connectivity index (χ2n) is 4.95. The smallest absolute Gasteiger partial charge is 0.411 e. The van der Waals surface area contributed by atoms with E-state index < -0.39 is 6.09 Å². The summed E-state index contributed by atoms with van der Waals surface area (Å²) in [4.78, 5) is 13.7. The molecule has 0 bridgehead atoms. The summed E-state index contributed by atoms with van der Waals surface area (Å²) in [6.45, 7) is -0.0147. The molecular formula is C18H15NO2. The van der Waals surface area contributed by atoms with Crippen LogP contribution in [0.3, 0.4) is 0 Å². The molecule has 1 aliphatic carbocycles. The van der Waals surface area contributed by atoms with Gasteiger partial charge in [0.05, 0.1) is 6.04 Å². The van der Waals surface area contributed by atoms with Crippen molar-refractivity contribution in [3.63, 3.8) is 0 Å². The zero-order valence-corrected chi connectivity index (χ0v) is 11.7. The summed E-state index contributed by atoms with van der Waals surface area (Å²) in [5, 5.41) is 0.